The van der Waals surface area contributed by atoms with Crippen LogP contribution >= 0.6 is 11.9 Å². The third-order valence-electron chi connectivity index (χ3n) is 3.36. The molecule has 0 spiro atoms. The molecule has 0 aromatic carbocycles. The predicted molar refractivity (Wildman–Crippen MR) is 80.7 cm³/mol. The molecule has 20 heavy (non-hydrogen) atoms. The van der Waals surface area contributed by atoms with Crippen molar-refractivity contribution in [3.8, 4) is 0 Å². The van der Waals surface area contributed by atoms with E-state index in [0.717, 1.165) is 19.3 Å². The van der Waals surface area contributed by atoms with Gasteiger partial charge in [0.2, 0.25) is 0 Å². The normalized spacial score (nSPS) is 22.6. The first-order chi connectivity index (χ1) is 9.15. The lowest BCUT2D eigenvalue weighted by Gasteiger charge is -2.33. The van der Waals surface area contributed by atoms with Gasteiger partial charge in [0.25, 0.3) is 0 Å². The van der Waals surface area contributed by atoms with Crippen LogP contribution in [-0.4, -0.2) is 17.0 Å². The van der Waals surface area contributed by atoms with Crippen LogP contribution in [-0.2, 0) is 0 Å². The first kappa shape index (κ1) is 17.9. The van der Waals surface area contributed by atoms with Crippen molar-refractivity contribution in [2.24, 2.45) is 5.92 Å². The summed E-state index contributed by atoms with van der Waals surface area (Å²) in [6, 6.07) is -0.170. The summed E-state index contributed by atoms with van der Waals surface area (Å²) in [5, 5.41) is 0. The fourth-order valence-electron chi connectivity index (χ4n) is 2.47. The van der Waals surface area contributed by atoms with Gasteiger partial charge < -0.3 is 0 Å². The van der Waals surface area contributed by atoms with Gasteiger partial charge in [0, 0.05) is 10.8 Å². The number of hydrogen-bond donors (Lipinski definition) is 1. The molecule has 0 aliphatic heterocycles. The Labute approximate surface area is 124 Å². The van der Waals surface area contributed by atoms with Gasteiger partial charge in [0.05, 0.1) is 5.92 Å². The van der Waals surface area contributed by atoms with Crippen LogP contribution in [0.15, 0.2) is 11.6 Å². The van der Waals surface area contributed by atoms with Crippen molar-refractivity contribution < 1.29 is 13.2 Å². The number of rotatable bonds is 5. The van der Waals surface area contributed by atoms with E-state index in [9.17, 15) is 13.2 Å². The molecular weight excluding hydrogens is 283 g/mol. The lowest BCUT2D eigenvalue weighted by Crippen LogP contribution is -2.38. The highest BCUT2D eigenvalue weighted by molar-refractivity contribution is 7.98. The van der Waals surface area contributed by atoms with Crippen molar-refractivity contribution in [1.82, 2.24) is 4.72 Å². The molecule has 0 fully saturated rings. The Morgan fingerprint density at radius 2 is 2.00 bits per heavy atom. The molecular formula is C15H26F3NS. The molecule has 2 atom stereocenters. The van der Waals surface area contributed by atoms with Crippen molar-refractivity contribution in [3.05, 3.63) is 11.6 Å². The molecule has 0 saturated heterocycles. The third kappa shape index (κ3) is 5.68. The molecule has 1 nitrogen and oxygen atoms in total. The standard InChI is InChI=1S/C15H26F3NS/c1-5-8-13(19-20-14(2,3)4)11-9-6-7-10-12(11)15(16,17)18/h9,12-13,19H,5-8,10H2,1-4H3. The highest BCUT2D eigenvalue weighted by Crippen LogP contribution is 2.41. The Hall–Kier alpha value is -0.160. The minimum Gasteiger partial charge on any atom is -0.256 e. The molecule has 1 aliphatic rings. The predicted octanol–water partition coefficient (Wildman–Crippen LogP) is 5.48. The van der Waals surface area contributed by atoms with E-state index in [0.29, 0.717) is 12.0 Å². The number of alkyl halides is 3. The summed E-state index contributed by atoms with van der Waals surface area (Å²) >= 11 is 1.53. The van der Waals surface area contributed by atoms with Gasteiger partial charge in [-0.2, -0.15) is 13.2 Å². The maximum Gasteiger partial charge on any atom is 0.395 e. The third-order valence-corrected chi connectivity index (χ3v) is 4.38. The Morgan fingerprint density at radius 3 is 2.50 bits per heavy atom. The van der Waals surface area contributed by atoms with Crippen LogP contribution in [0.3, 0.4) is 0 Å². The Morgan fingerprint density at radius 1 is 1.35 bits per heavy atom. The highest BCUT2D eigenvalue weighted by atomic mass is 32.2. The van der Waals surface area contributed by atoms with Gasteiger partial charge in [-0.25, -0.2) is 0 Å². The summed E-state index contributed by atoms with van der Waals surface area (Å²) in [4.78, 5) is 0. The summed E-state index contributed by atoms with van der Waals surface area (Å²) in [5.41, 5.74) is 0.558. The average molecular weight is 309 g/mol. The number of halogens is 3. The molecule has 1 aliphatic carbocycles. The van der Waals surface area contributed by atoms with Gasteiger partial charge in [0.15, 0.2) is 0 Å². The minimum absolute atomic E-state index is 0.00501. The van der Waals surface area contributed by atoms with E-state index in [1.165, 1.54) is 11.9 Å². The number of hydrogen-bond acceptors (Lipinski definition) is 2. The van der Waals surface area contributed by atoms with E-state index in [4.69, 9.17) is 0 Å². The fraction of sp³-hybridized carbons (Fsp3) is 0.867. The number of allylic oxidation sites excluding steroid dienone is 1. The zero-order valence-electron chi connectivity index (χ0n) is 12.8. The van der Waals surface area contributed by atoms with E-state index in [2.05, 4.69) is 25.5 Å². The van der Waals surface area contributed by atoms with Crippen LogP contribution in [0.25, 0.3) is 0 Å². The highest BCUT2D eigenvalue weighted by Gasteiger charge is 2.44. The van der Waals surface area contributed by atoms with Crippen molar-refractivity contribution in [3.63, 3.8) is 0 Å². The maximum atomic E-state index is 13.2. The van der Waals surface area contributed by atoms with Gasteiger partial charge in [0.1, 0.15) is 0 Å². The van der Waals surface area contributed by atoms with Gasteiger partial charge in [-0.1, -0.05) is 31.4 Å². The van der Waals surface area contributed by atoms with Crippen LogP contribution in [0.1, 0.15) is 59.8 Å². The topological polar surface area (TPSA) is 12.0 Å². The van der Waals surface area contributed by atoms with E-state index in [1.807, 2.05) is 13.0 Å². The quantitative estimate of drug-likeness (QED) is 0.533. The molecule has 0 aromatic rings. The lowest BCUT2D eigenvalue weighted by molar-refractivity contribution is -0.168. The van der Waals surface area contributed by atoms with Gasteiger partial charge in [-0.3, -0.25) is 4.72 Å². The van der Waals surface area contributed by atoms with E-state index < -0.39 is 12.1 Å². The van der Waals surface area contributed by atoms with E-state index in [1.54, 1.807) is 0 Å². The average Bonchev–Trinajstić information content (AvgIpc) is 2.32. The van der Waals surface area contributed by atoms with Crippen LogP contribution in [0, 0.1) is 5.92 Å². The van der Waals surface area contributed by atoms with E-state index in [-0.39, 0.29) is 17.2 Å². The largest absolute Gasteiger partial charge is 0.395 e. The number of nitrogens with one attached hydrogen (secondary N) is 1. The van der Waals surface area contributed by atoms with Crippen LogP contribution in [0.4, 0.5) is 13.2 Å². The van der Waals surface area contributed by atoms with Crippen LogP contribution in [0.5, 0.6) is 0 Å². The van der Waals surface area contributed by atoms with Crippen LogP contribution < -0.4 is 4.72 Å². The van der Waals surface area contributed by atoms with Gasteiger partial charge >= 0.3 is 6.18 Å². The molecule has 0 aromatic heterocycles. The Kier molecular flexibility index (Phi) is 6.45. The second-order valence-corrected chi connectivity index (χ2v) is 8.07. The molecule has 0 heterocycles. The molecule has 0 amide bonds. The maximum absolute atomic E-state index is 13.2. The zero-order valence-corrected chi connectivity index (χ0v) is 13.6. The SMILES string of the molecule is CCCC(NSC(C)(C)C)C1=CCCCC1C(F)(F)F. The van der Waals surface area contributed by atoms with Crippen molar-refractivity contribution in [1.29, 1.82) is 0 Å². The molecule has 1 rings (SSSR count). The second-order valence-electron chi connectivity index (χ2n) is 6.40. The molecule has 118 valence electrons. The molecule has 0 radical (unpaired) electrons. The monoisotopic (exact) mass is 309 g/mol. The Balaban J connectivity index is 2.85. The van der Waals surface area contributed by atoms with Crippen molar-refractivity contribution in [2.45, 2.75) is 76.8 Å². The summed E-state index contributed by atoms with van der Waals surface area (Å²) in [6.07, 6.45) is 0.969. The molecule has 0 bridgehead atoms. The zero-order chi connectivity index (χ0) is 15.4. The van der Waals surface area contributed by atoms with E-state index >= 15 is 0 Å². The summed E-state index contributed by atoms with van der Waals surface area (Å²) in [6.45, 7) is 8.20. The Bertz CT molecular complexity index is 331. The summed E-state index contributed by atoms with van der Waals surface area (Å²) < 4.78 is 42.8. The first-order valence-corrected chi connectivity index (χ1v) is 8.17. The van der Waals surface area contributed by atoms with Crippen molar-refractivity contribution >= 4 is 11.9 Å². The summed E-state index contributed by atoms with van der Waals surface area (Å²) in [5.74, 6) is -1.26. The van der Waals surface area contributed by atoms with Crippen molar-refractivity contribution in [2.75, 3.05) is 0 Å². The fourth-order valence-corrected chi connectivity index (χ4v) is 3.22. The minimum atomic E-state index is -4.12. The summed E-state index contributed by atoms with van der Waals surface area (Å²) in [7, 11) is 0. The van der Waals surface area contributed by atoms with Crippen LogP contribution in [0.2, 0.25) is 0 Å². The molecule has 5 heteroatoms. The molecule has 1 N–H and O–H groups in total. The smallest absolute Gasteiger partial charge is 0.256 e. The molecule has 0 saturated carbocycles. The van der Waals surface area contributed by atoms with Gasteiger partial charge in [-0.05, 0) is 52.0 Å². The van der Waals surface area contributed by atoms with Gasteiger partial charge in [-0.15, -0.1) is 0 Å². The second kappa shape index (κ2) is 7.21. The molecule has 2 unspecified atom stereocenters. The first-order valence-electron chi connectivity index (χ1n) is 7.35. The lowest BCUT2D eigenvalue weighted by atomic mass is 9.82.